The molecule has 0 aliphatic rings. The molecular weight excluding hydrogens is 383 g/mol. The Kier molecular flexibility index (Phi) is 3.72. The smallest absolute Gasteiger partial charge is 0.0716 e. The minimum absolute atomic E-state index is 0.573. The van der Waals surface area contributed by atoms with E-state index in [9.17, 15) is 0 Å². The standard InChI is InChI=1S/C6HBr3Cl2/c7-2-1-3(10)5(9)6(11)4(2)8/h1H. The van der Waals surface area contributed by atoms with Gasteiger partial charge in [-0.05, 0) is 53.9 Å². The molecule has 0 aliphatic carbocycles. The molecule has 0 heterocycles. The van der Waals surface area contributed by atoms with Crippen molar-refractivity contribution in [3.05, 3.63) is 29.5 Å². The summed E-state index contributed by atoms with van der Waals surface area (Å²) in [7, 11) is 0. The summed E-state index contributed by atoms with van der Waals surface area (Å²) in [6.45, 7) is 0. The largest absolute Gasteiger partial charge is 0.0830 e. The highest BCUT2D eigenvalue weighted by Gasteiger charge is 2.09. The van der Waals surface area contributed by atoms with Gasteiger partial charge >= 0.3 is 0 Å². The zero-order valence-electron chi connectivity index (χ0n) is 4.97. The van der Waals surface area contributed by atoms with Gasteiger partial charge in [0.15, 0.2) is 0 Å². The average molecular weight is 384 g/mol. The molecule has 0 fully saturated rings. The van der Waals surface area contributed by atoms with Gasteiger partial charge in [-0.1, -0.05) is 23.2 Å². The number of hydrogen-bond acceptors (Lipinski definition) is 0. The number of benzene rings is 1. The summed E-state index contributed by atoms with van der Waals surface area (Å²) in [4.78, 5) is 0. The van der Waals surface area contributed by atoms with E-state index in [4.69, 9.17) is 23.2 Å². The fourth-order valence-corrected chi connectivity index (χ4v) is 2.56. The van der Waals surface area contributed by atoms with Crippen LogP contribution in [0.5, 0.6) is 0 Å². The fraction of sp³-hybridized carbons (Fsp3) is 0. The van der Waals surface area contributed by atoms with Crippen LogP contribution in [0.2, 0.25) is 10.0 Å². The lowest BCUT2D eigenvalue weighted by Gasteiger charge is -2.03. The van der Waals surface area contributed by atoms with Gasteiger partial charge in [0.1, 0.15) is 0 Å². The van der Waals surface area contributed by atoms with E-state index in [1.165, 1.54) is 0 Å². The van der Waals surface area contributed by atoms with Gasteiger partial charge in [-0.3, -0.25) is 0 Å². The van der Waals surface area contributed by atoms with Crippen molar-refractivity contribution in [1.82, 2.24) is 0 Å². The Hall–Kier alpha value is 1.24. The van der Waals surface area contributed by atoms with Crippen molar-refractivity contribution in [1.29, 1.82) is 0 Å². The molecule has 0 spiro atoms. The van der Waals surface area contributed by atoms with E-state index in [2.05, 4.69) is 47.8 Å². The fourth-order valence-electron chi connectivity index (χ4n) is 0.544. The van der Waals surface area contributed by atoms with Gasteiger partial charge in [0.25, 0.3) is 0 Å². The lowest BCUT2D eigenvalue weighted by atomic mass is 10.4. The van der Waals surface area contributed by atoms with Crippen LogP contribution in [0.15, 0.2) is 19.5 Å². The third-order valence-electron chi connectivity index (χ3n) is 1.06. The number of rotatable bonds is 0. The van der Waals surface area contributed by atoms with Crippen LogP contribution >= 0.6 is 71.0 Å². The Morgan fingerprint density at radius 2 is 1.55 bits per heavy atom. The molecule has 1 aromatic carbocycles. The van der Waals surface area contributed by atoms with Crippen LogP contribution in [0, 0.1) is 0 Å². The summed E-state index contributed by atoms with van der Waals surface area (Å²) in [5.74, 6) is 0. The van der Waals surface area contributed by atoms with Crippen molar-refractivity contribution < 1.29 is 0 Å². The normalized spacial score (nSPS) is 10.3. The van der Waals surface area contributed by atoms with Gasteiger partial charge < -0.3 is 0 Å². The first kappa shape index (κ1) is 10.3. The summed E-state index contributed by atoms with van der Waals surface area (Å²) in [6, 6.07) is 1.77. The van der Waals surface area contributed by atoms with E-state index in [-0.39, 0.29) is 0 Å². The summed E-state index contributed by atoms with van der Waals surface area (Å²) in [6.07, 6.45) is 0. The van der Waals surface area contributed by atoms with E-state index in [1.807, 2.05) is 0 Å². The molecule has 0 aliphatic heterocycles. The molecule has 60 valence electrons. The maximum Gasteiger partial charge on any atom is 0.0716 e. The summed E-state index contributed by atoms with van der Waals surface area (Å²) in [5, 5.41) is 1.16. The van der Waals surface area contributed by atoms with Crippen LogP contribution in [0.25, 0.3) is 0 Å². The molecule has 0 radical (unpaired) electrons. The second-order valence-corrected chi connectivity index (χ2v) is 5.01. The molecule has 0 saturated carbocycles. The SMILES string of the molecule is Clc1cc(Br)c(Br)c(Cl)c1Br. The Balaban J connectivity index is 3.46. The van der Waals surface area contributed by atoms with Crippen LogP contribution in [0.4, 0.5) is 0 Å². The third-order valence-corrected chi connectivity index (χ3v) is 5.22. The molecule has 1 rings (SSSR count). The van der Waals surface area contributed by atoms with Gasteiger partial charge in [0, 0.05) is 4.47 Å². The molecule has 0 aromatic heterocycles. The van der Waals surface area contributed by atoms with Crippen molar-refractivity contribution in [3.8, 4) is 0 Å². The van der Waals surface area contributed by atoms with E-state index in [0.29, 0.717) is 14.5 Å². The number of halogens is 5. The minimum Gasteiger partial charge on any atom is -0.0830 e. The summed E-state index contributed by atoms with van der Waals surface area (Å²) >= 11 is 21.5. The minimum atomic E-state index is 0.573. The van der Waals surface area contributed by atoms with Crippen molar-refractivity contribution in [2.75, 3.05) is 0 Å². The monoisotopic (exact) mass is 380 g/mol. The number of hydrogen-bond donors (Lipinski definition) is 0. The van der Waals surface area contributed by atoms with Crippen molar-refractivity contribution in [2.45, 2.75) is 0 Å². The molecule has 0 bridgehead atoms. The molecule has 5 heteroatoms. The molecule has 0 saturated heterocycles. The summed E-state index contributed by atoms with van der Waals surface area (Å²) in [5.41, 5.74) is 0. The first-order valence-electron chi connectivity index (χ1n) is 2.52. The first-order valence-corrected chi connectivity index (χ1v) is 5.66. The zero-order valence-corrected chi connectivity index (χ0v) is 11.2. The highest BCUT2D eigenvalue weighted by Crippen LogP contribution is 2.40. The zero-order chi connectivity index (χ0) is 8.59. The highest BCUT2D eigenvalue weighted by atomic mass is 79.9. The molecule has 0 amide bonds. The Bertz CT molecular complexity index is 272. The van der Waals surface area contributed by atoms with Gasteiger partial charge in [0.2, 0.25) is 0 Å². The van der Waals surface area contributed by atoms with Gasteiger partial charge in [0.05, 0.1) is 19.0 Å². The maximum atomic E-state index is 5.88. The summed E-state index contributed by atoms with van der Waals surface area (Å²) < 4.78 is 2.35. The predicted octanol–water partition coefficient (Wildman–Crippen LogP) is 5.28. The van der Waals surface area contributed by atoms with Crippen LogP contribution < -0.4 is 0 Å². The van der Waals surface area contributed by atoms with Crippen molar-refractivity contribution >= 4 is 71.0 Å². The van der Waals surface area contributed by atoms with E-state index in [1.54, 1.807) is 6.07 Å². The lowest BCUT2D eigenvalue weighted by molar-refractivity contribution is 1.55. The van der Waals surface area contributed by atoms with Crippen LogP contribution in [0.3, 0.4) is 0 Å². The van der Waals surface area contributed by atoms with Crippen LogP contribution in [-0.2, 0) is 0 Å². The predicted molar refractivity (Wildman–Crippen MR) is 59.6 cm³/mol. The molecular formula is C6HBr3Cl2. The Labute approximate surface area is 99.6 Å². The molecule has 0 nitrogen and oxygen atoms in total. The second kappa shape index (κ2) is 3.97. The second-order valence-electron chi connectivity index (χ2n) is 1.78. The topological polar surface area (TPSA) is 0 Å². The molecule has 0 N–H and O–H groups in total. The quantitative estimate of drug-likeness (QED) is 0.422. The molecule has 0 atom stereocenters. The van der Waals surface area contributed by atoms with Gasteiger partial charge in [-0.25, -0.2) is 0 Å². The third kappa shape index (κ3) is 2.13. The average Bonchev–Trinajstić information content (AvgIpc) is 1.97. The highest BCUT2D eigenvalue weighted by molar-refractivity contribution is 9.13. The molecule has 11 heavy (non-hydrogen) atoms. The van der Waals surface area contributed by atoms with Gasteiger partial charge in [-0.2, -0.15) is 0 Å². The van der Waals surface area contributed by atoms with E-state index in [0.717, 1.165) is 8.95 Å². The van der Waals surface area contributed by atoms with E-state index < -0.39 is 0 Å². The lowest BCUT2D eigenvalue weighted by Crippen LogP contribution is -1.76. The van der Waals surface area contributed by atoms with Crippen molar-refractivity contribution in [3.63, 3.8) is 0 Å². The van der Waals surface area contributed by atoms with Crippen LogP contribution in [0.1, 0.15) is 0 Å². The first-order chi connectivity index (χ1) is 5.04. The Morgan fingerprint density at radius 3 is 2.09 bits per heavy atom. The molecule has 1 aromatic rings. The Morgan fingerprint density at radius 1 is 1.00 bits per heavy atom. The molecule has 0 unspecified atom stereocenters. The maximum absolute atomic E-state index is 5.88. The van der Waals surface area contributed by atoms with Crippen LogP contribution in [-0.4, -0.2) is 0 Å². The van der Waals surface area contributed by atoms with Gasteiger partial charge in [-0.15, -0.1) is 0 Å². The van der Waals surface area contributed by atoms with E-state index >= 15 is 0 Å². The van der Waals surface area contributed by atoms with Crippen molar-refractivity contribution in [2.24, 2.45) is 0 Å².